The summed E-state index contributed by atoms with van der Waals surface area (Å²) in [6, 6.07) is 16.4. The first kappa shape index (κ1) is 21.1. The Bertz CT molecular complexity index is 958. The largest absolute Gasteiger partial charge is 0.497 e. The first-order valence-electron chi connectivity index (χ1n) is 9.82. The number of carbonyl (C=O) groups is 2. The van der Waals surface area contributed by atoms with Crippen LogP contribution < -0.4 is 10.1 Å². The van der Waals surface area contributed by atoms with Gasteiger partial charge in [-0.1, -0.05) is 60.7 Å². The van der Waals surface area contributed by atoms with Crippen LogP contribution in [0.15, 0.2) is 90.6 Å². The number of hydrogen-bond donors (Lipinski definition) is 1. The van der Waals surface area contributed by atoms with Gasteiger partial charge in [0.2, 0.25) is 0 Å². The van der Waals surface area contributed by atoms with Crippen LogP contribution in [-0.2, 0) is 14.3 Å². The highest BCUT2D eigenvalue weighted by molar-refractivity contribution is 5.96. The minimum Gasteiger partial charge on any atom is -0.497 e. The highest BCUT2D eigenvalue weighted by Crippen LogP contribution is 2.29. The lowest BCUT2D eigenvalue weighted by Crippen LogP contribution is -2.32. The van der Waals surface area contributed by atoms with Crippen LogP contribution in [0.25, 0.3) is 0 Å². The first-order chi connectivity index (χ1) is 14.6. The lowest BCUT2D eigenvalue weighted by Gasteiger charge is -2.21. The van der Waals surface area contributed by atoms with Crippen molar-refractivity contribution in [3.8, 4) is 5.75 Å². The zero-order chi connectivity index (χ0) is 21.3. The first-order valence-corrected chi connectivity index (χ1v) is 9.82. The van der Waals surface area contributed by atoms with Gasteiger partial charge >= 0.3 is 5.97 Å². The molecular formula is C25H25NO4. The number of anilines is 1. The number of hydrogen-bond acceptors (Lipinski definition) is 4. The van der Waals surface area contributed by atoms with E-state index in [0.29, 0.717) is 11.4 Å². The second-order valence-corrected chi connectivity index (χ2v) is 6.87. The summed E-state index contributed by atoms with van der Waals surface area (Å²) in [5.41, 5.74) is 2.27. The van der Waals surface area contributed by atoms with E-state index in [1.54, 1.807) is 38.3 Å². The van der Waals surface area contributed by atoms with Crippen molar-refractivity contribution in [1.82, 2.24) is 0 Å². The highest BCUT2D eigenvalue weighted by Gasteiger charge is 2.28. The summed E-state index contributed by atoms with van der Waals surface area (Å²) >= 11 is 0. The number of rotatable bonds is 7. The smallest absolute Gasteiger partial charge is 0.318 e. The topological polar surface area (TPSA) is 64.6 Å². The van der Waals surface area contributed by atoms with Crippen LogP contribution >= 0.6 is 0 Å². The number of methoxy groups -OCH3 is 1. The third-order valence-electron chi connectivity index (χ3n) is 4.75. The fourth-order valence-electron chi connectivity index (χ4n) is 3.13. The van der Waals surface area contributed by atoms with Crippen LogP contribution in [0.3, 0.4) is 0 Å². The number of carbonyl (C=O) groups excluding carboxylic acids is 2. The van der Waals surface area contributed by atoms with Gasteiger partial charge in [0, 0.05) is 5.69 Å². The van der Waals surface area contributed by atoms with E-state index in [1.165, 1.54) is 0 Å². The molecule has 0 spiro atoms. The van der Waals surface area contributed by atoms with Crippen LogP contribution in [0.2, 0.25) is 0 Å². The number of esters is 1. The molecule has 0 bridgehead atoms. The molecule has 1 aliphatic rings. The maximum Gasteiger partial charge on any atom is 0.318 e. The van der Waals surface area contributed by atoms with Gasteiger partial charge in [0.15, 0.2) is 6.10 Å². The molecule has 1 N–H and O–H groups in total. The number of benzene rings is 2. The lowest BCUT2D eigenvalue weighted by molar-refractivity contribution is -0.153. The van der Waals surface area contributed by atoms with Crippen LogP contribution in [0.5, 0.6) is 5.75 Å². The fraction of sp³-hybridized carbons (Fsp3) is 0.200. The molecule has 3 rings (SSSR count). The molecule has 0 radical (unpaired) electrons. The lowest BCUT2D eigenvalue weighted by atomic mass is 9.90. The number of amides is 1. The Balaban J connectivity index is 1.72. The molecule has 1 aliphatic carbocycles. The van der Waals surface area contributed by atoms with E-state index < -0.39 is 23.9 Å². The molecule has 0 aromatic heterocycles. The summed E-state index contributed by atoms with van der Waals surface area (Å²) in [6.45, 7) is 1.57. The van der Waals surface area contributed by atoms with Gasteiger partial charge < -0.3 is 14.8 Å². The van der Waals surface area contributed by atoms with Gasteiger partial charge in [-0.2, -0.15) is 0 Å². The highest BCUT2D eigenvalue weighted by atomic mass is 16.5. The third kappa shape index (κ3) is 5.47. The predicted molar refractivity (Wildman–Crippen MR) is 117 cm³/mol. The Kier molecular flexibility index (Phi) is 7.22. The molecule has 0 fully saturated rings. The van der Waals surface area contributed by atoms with Gasteiger partial charge in [0.05, 0.1) is 7.11 Å². The standard InChI is InChI=1S/C25H25NO4/c1-18(24(27)26-21-14-16-22(29-2)17-15-21)30-25(28)23(20-12-8-5-9-13-20)19-10-6-3-4-7-11-19/h3-6,8-18,23H,7H2,1-2H3,(H,26,27). The Morgan fingerprint density at radius 3 is 2.43 bits per heavy atom. The Labute approximate surface area is 176 Å². The average molecular weight is 403 g/mol. The monoisotopic (exact) mass is 403 g/mol. The van der Waals surface area contributed by atoms with Crippen LogP contribution in [0.1, 0.15) is 24.8 Å². The minimum absolute atomic E-state index is 0.396. The van der Waals surface area contributed by atoms with Gasteiger partial charge in [-0.25, -0.2) is 0 Å². The number of ether oxygens (including phenoxy) is 2. The van der Waals surface area contributed by atoms with Gasteiger partial charge in [0.25, 0.3) is 5.91 Å². The van der Waals surface area contributed by atoms with Crippen molar-refractivity contribution in [2.75, 3.05) is 12.4 Å². The molecule has 0 saturated heterocycles. The summed E-state index contributed by atoms with van der Waals surface area (Å²) in [6.07, 6.45) is 9.56. The van der Waals surface area contributed by atoms with E-state index >= 15 is 0 Å². The predicted octanol–water partition coefficient (Wildman–Crippen LogP) is 4.79. The summed E-state index contributed by atoms with van der Waals surface area (Å²) in [4.78, 5) is 25.6. The molecule has 0 aliphatic heterocycles. The van der Waals surface area contributed by atoms with Gasteiger partial charge in [-0.15, -0.1) is 0 Å². The van der Waals surface area contributed by atoms with Crippen molar-refractivity contribution in [1.29, 1.82) is 0 Å². The zero-order valence-electron chi connectivity index (χ0n) is 17.1. The zero-order valence-corrected chi connectivity index (χ0v) is 17.1. The number of nitrogens with one attached hydrogen (secondary N) is 1. The van der Waals surface area contributed by atoms with Crippen molar-refractivity contribution in [3.05, 3.63) is 96.1 Å². The molecule has 154 valence electrons. The molecular weight excluding hydrogens is 378 g/mol. The molecule has 2 atom stereocenters. The summed E-state index contributed by atoms with van der Waals surface area (Å²) in [7, 11) is 1.58. The van der Waals surface area contributed by atoms with Gasteiger partial charge in [-0.3, -0.25) is 9.59 Å². The fourth-order valence-corrected chi connectivity index (χ4v) is 3.13. The maximum atomic E-state index is 13.1. The quantitative estimate of drug-likeness (QED) is 0.675. The van der Waals surface area contributed by atoms with E-state index in [0.717, 1.165) is 17.6 Å². The van der Waals surface area contributed by atoms with Crippen molar-refractivity contribution in [2.24, 2.45) is 0 Å². The molecule has 2 aromatic carbocycles. The Hall–Kier alpha value is -3.60. The third-order valence-corrected chi connectivity index (χ3v) is 4.75. The van der Waals surface area contributed by atoms with Crippen LogP contribution in [0.4, 0.5) is 5.69 Å². The molecule has 0 saturated carbocycles. The molecule has 2 unspecified atom stereocenters. The van der Waals surface area contributed by atoms with E-state index in [4.69, 9.17) is 9.47 Å². The van der Waals surface area contributed by atoms with E-state index in [2.05, 4.69) is 5.32 Å². The molecule has 0 heterocycles. The van der Waals surface area contributed by atoms with E-state index in [1.807, 2.05) is 60.7 Å². The van der Waals surface area contributed by atoms with Crippen molar-refractivity contribution >= 4 is 17.6 Å². The SMILES string of the molecule is COc1ccc(NC(=O)C(C)OC(=O)C(C2=CCC=CC=C2)c2ccccc2)cc1. The molecule has 1 amide bonds. The van der Waals surface area contributed by atoms with Crippen LogP contribution in [-0.4, -0.2) is 25.1 Å². The van der Waals surface area contributed by atoms with Crippen LogP contribution in [0, 0.1) is 0 Å². The second kappa shape index (κ2) is 10.3. The molecule has 30 heavy (non-hydrogen) atoms. The Morgan fingerprint density at radius 2 is 1.73 bits per heavy atom. The number of allylic oxidation sites excluding steroid dienone is 5. The summed E-state index contributed by atoms with van der Waals surface area (Å²) in [5.74, 6) is -0.764. The van der Waals surface area contributed by atoms with Crippen molar-refractivity contribution in [2.45, 2.75) is 25.4 Å². The average Bonchev–Trinajstić information content (AvgIpc) is 3.04. The second-order valence-electron chi connectivity index (χ2n) is 6.87. The van der Waals surface area contributed by atoms with Crippen molar-refractivity contribution < 1.29 is 19.1 Å². The maximum absolute atomic E-state index is 13.1. The normalized spacial score (nSPS) is 14.8. The van der Waals surface area contributed by atoms with E-state index in [9.17, 15) is 9.59 Å². The molecule has 5 heteroatoms. The summed E-state index contributed by atoms with van der Waals surface area (Å²) in [5, 5.41) is 2.76. The molecule has 2 aromatic rings. The van der Waals surface area contributed by atoms with Gasteiger partial charge in [0.1, 0.15) is 11.7 Å². The molecule has 5 nitrogen and oxygen atoms in total. The van der Waals surface area contributed by atoms with E-state index in [-0.39, 0.29) is 0 Å². The summed E-state index contributed by atoms with van der Waals surface area (Å²) < 4.78 is 10.7. The van der Waals surface area contributed by atoms with Gasteiger partial charge in [-0.05, 0) is 48.7 Å². The Morgan fingerprint density at radius 1 is 1.00 bits per heavy atom. The van der Waals surface area contributed by atoms with Crippen molar-refractivity contribution in [3.63, 3.8) is 0 Å². The minimum atomic E-state index is -0.945.